The molecule has 0 radical (unpaired) electrons. The molecule has 0 fully saturated rings. The first-order valence-corrected chi connectivity index (χ1v) is 4.28. The highest BCUT2D eigenvalue weighted by molar-refractivity contribution is 5.46. The van der Waals surface area contributed by atoms with Crippen LogP contribution in [0.15, 0.2) is 24.3 Å². The molecule has 0 aliphatic carbocycles. The molecular weight excluding hydrogens is 166 g/mol. The standard InChI is InChI=1S/C10H15NO2/c1-8(12)7-11-9-3-5-10(13-2)6-4-9/h3-6,8,11-12H,7H2,1-2H3. The topological polar surface area (TPSA) is 41.5 Å². The lowest BCUT2D eigenvalue weighted by atomic mass is 10.3. The lowest BCUT2D eigenvalue weighted by molar-refractivity contribution is 0.208. The zero-order chi connectivity index (χ0) is 9.68. The van der Waals surface area contributed by atoms with Crippen molar-refractivity contribution in [2.75, 3.05) is 19.0 Å². The zero-order valence-corrected chi connectivity index (χ0v) is 7.95. The van der Waals surface area contributed by atoms with Crippen LogP contribution in [0.2, 0.25) is 0 Å². The van der Waals surface area contributed by atoms with Crippen LogP contribution in [0, 0.1) is 0 Å². The van der Waals surface area contributed by atoms with Crippen molar-refractivity contribution in [3.63, 3.8) is 0 Å². The van der Waals surface area contributed by atoms with Gasteiger partial charge in [-0.1, -0.05) is 0 Å². The molecule has 2 N–H and O–H groups in total. The second-order valence-corrected chi connectivity index (χ2v) is 2.96. The molecule has 0 aromatic heterocycles. The fourth-order valence-corrected chi connectivity index (χ4v) is 0.974. The molecule has 1 aromatic carbocycles. The summed E-state index contributed by atoms with van der Waals surface area (Å²) >= 11 is 0. The van der Waals surface area contributed by atoms with Crippen molar-refractivity contribution < 1.29 is 9.84 Å². The van der Waals surface area contributed by atoms with Crippen LogP contribution in [0.3, 0.4) is 0 Å². The van der Waals surface area contributed by atoms with E-state index in [0.29, 0.717) is 6.54 Å². The van der Waals surface area contributed by atoms with Crippen molar-refractivity contribution >= 4 is 5.69 Å². The predicted octanol–water partition coefficient (Wildman–Crippen LogP) is 1.49. The van der Waals surface area contributed by atoms with Crippen LogP contribution in [0.1, 0.15) is 6.92 Å². The van der Waals surface area contributed by atoms with Gasteiger partial charge in [0.15, 0.2) is 0 Å². The fourth-order valence-electron chi connectivity index (χ4n) is 0.974. The van der Waals surface area contributed by atoms with Gasteiger partial charge in [-0.15, -0.1) is 0 Å². The van der Waals surface area contributed by atoms with Gasteiger partial charge in [0.25, 0.3) is 0 Å². The van der Waals surface area contributed by atoms with Crippen LogP contribution in [0.4, 0.5) is 5.69 Å². The quantitative estimate of drug-likeness (QED) is 0.739. The van der Waals surface area contributed by atoms with Crippen LogP contribution in [0.5, 0.6) is 5.75 Å². The Morgan fingerprint density at radius 1 is 1.38 bits per heavy atom. The maximum atomic E-state index is 9.03. The second kappa shape index (κ2) is 4.72. The van der Waals surface area contributed by atoms with Crippen molar-refractivity contribution in [1.29, 1.82) is 0 Å². The summed E-state index contributed by atoms with van der Waals surface area (Å²) in [4.78, 5) is 0. The minimum Gasteiger partial charge on any atom is -0.497 e. The van der Waals surface area contributed by atoms with Crippen LogP contribution < -0.4 is 10.1 Å². The molecule has 0 saturated carbocycles. The van der Waals surface area contributed by atoms with Gasteiger partial charge in [-0.2, -0.15) is 0 Å². The molecule has 1 unspecified atom stereocenters. The Kier molecular flexibility index (Phi) is 3.58. The molecule has 1 atom stereocenters. The van der Waals surface area contributed by atoms with E-state index in [-0.39, 0.29) is 6.10 Å². The molecule has 0 spiro atoms. The molecule has 0 heterocycles. The lowest BCUT2D eigenvalue weighted by Crippen LogP contribution is -2.15. The summed E-state index contributed by atoms with van der Waals surface area (Å²) in [6.45, 7) is 2.31. The SMILES string of the molecule is COc1ccc(NCC(C)O)cc1. The van der Waals surface area contributed by atoms with E-state index in [2.05, 4.69) is 5.32 Å². The summed E-state index contributed by atoms with van der Waals surface area (Å²) in [6, 6.07) is 7.59. The Balaban J connectivity index is 2.49. The zero-order valence-electron chi connectivity index (χ0n) is 7.95. The summed E-state index contributed by atoms with van der Waals surface area (Å²) < 4.78 is 5.02. The number of aliphatic hydroxyl groups is 1. The third-order valence-corrected chi connectivity index (χ3v) is 1.69. The van der Waals surface area contributed by atoms with Crippen molar-refractivity contribution in [1.82, 2.24) is 0 Å². The molecule has 0 saturated heterocycles. The summed E-state index contributed by atoms with van der Waals surface area (Å²) in [6.07, 6.45) is -0.331. The van der Waals surface area contributed by atoms with Gasteiger partial charge in [-0.25, -0.2) is 0 Å². The summed E-state index contributed by atoms with van der Waals surface area (Å²) in [5.41, 5.74) is 0.988. The molecule has 13 heavy (non-hydrogen) atoms. The van der Waals surface area contributed by atoms with Gasteiger partial charge in [0.05, 0.1) is 13.2 Å². The maximum Gasteiger partial charge on any atom is 0.119 e. The third-order valence-electron chi connectivity index (χ3n) is 1.69. The number of ether oxygens (including phenoxy) is 1. The highest BCUT2D eigenvalue weighted by Crippen LogP contribution is 2.14. The van der Waals surface area contributed by atoms with E-state index in [9.17, 15) is 0 Å². The monoisotopic (exact) mass is 181 g/mol. The van der Waals surface area contributed by atoms with Crippen LogP contribution >= 0.6 is 0 Å². The fraction of sp³-hybridized carbons (Fsp3) is 0.400. The minimum absolute atomic E-state index is 0.331. The number of benzene rings is 1. The van der Waals surface area contributed by atoms with Crippen molar-refractivity contribution in [3.05, 3.63) is 24.3 Å². The molecule has 0 aliphatic heterocycles. The summed E-state index contributed by atoms with van der Waals surface area (Å²) in [5.74, 6) is 0.836. The van der Waals surface area contributed by atoms with Crippen molar-refractivity contribution in [2.24, 2.45) is 0 Å². The predicted molar refractivity (Wildman–Crippen MR) is 53.2 cm³/mol. The van der Waals surface area contributed by atoms with Crippen LogP contribution in [-0.4, -0.2) is 24.9 Å². The van der Waals surface area contributed by atoms with Gasteiger partial charge in [0, 0.05) is 12.2 Å². The molecular formula is C10H15NO2. The molecule has 0 aliphatic rings. The number of nitrogens with one attached hydrogen (secondary N) is 1. The first kappa shape index (κ1) is 9.86. The molecule has 1 rings (SSSR count). The minimum atomic E-state index is -0.331. The van der Waals surface area contributed by atoms with E-state index in [1.54, 1.807) is 14.0 Å². The Hall–Kier alpha value is -1.22. The van der Waals surface area contributed by atoms with E-state index in [1.807, 2.05) is 24.3 Å². The maximum absolute atomic E-state index is 9.03. The smallest absolute Gasteiger partial charge is 0.119 e. The van der Waals surface area contributed by atoms with E-state index >= 15 is 0 Å². The average Bonchev–Trinajstić information content (AvgIpc) is 2.15. The van der Waals surface area contributed by atoms with Gasteiger partial charge >= 0.3 is 0 Å². The van der Waals surface area contributed by atoms with Gasteiger partial charge in [-0.05, 0) is 31.2 Å². The molecule has 3 nitrogen and oxygen atoms in total. The Morgan fingerprint density at radius 2 is 2.00 bits per heavy atom. The van der Waals surface area contributed by atoms with Crippen molar-refractivity contribution in [2.45, 2.75) is 13.0 Å². The number of hydrogen-bond donors (Lipinski definition) is 2. The normalized spacial score (nSPS) is 12.2. The first-order valence-electron chi connectivity index (χ1n) is 4.28. The average molecular weight is 181 g/mol. The van der Waals surface area contributed by atoms with Crippen molar-refractivity contribution in [3.8, 4) is 5.75 Å². The Morgan fingerprint density at radius 3 is 2.46 bits per heavy atom. The number of methoxy groups -OCH3 is 1. The second-order valence-electron chi connectivity index (χ2n) is 2.96. The third kappa shape index (κ3) is 3.34. The number of anilines is 1. The molecule has 3 heteroatoms. The van der Waals surface area contributed by atoms with Gasteiger partial charge in [-0.3, -0.25) is 0 Å². The van der Waals surface area contributed by atoms with Gasteiger partial charge in [0.1, 0.15) is 5.75 Å². The molecule has 0 amide bonds. The largest absolute Gasteiger partial charge is 0.497 e. The van der Waals surface area contributed by atoms with Crippen LogP contribution in [0.25, 0.3) is 0 Å². The first-order chi connectivity index (χ1) is 6.22. The molecule has 0 bridgehead atoms. The summed E-state index contributed by atoms with van der Waals surface area (Å²) in [5, 5.41) is 12.1. The van der Waals surface area contributed by atoms with E-state index < -0.39 is 0 Å². The number of aliphatic hydroxyl groups excluding tert-OH is 1. The van der Waals surface area contributed by atoms with E-state index in [1.165, 1.54) is 0 Å². The molecule has 1 aromatic rings. The highest BCUT2D eigenvalue weighted by Gasteiger charge is 1.96. The Labute approximate surface area is 78.3 Å². The Bertz CT molecular complexity index is 244. The highest BCUT2D eigenvalue weighted by atomic mass is 16.5. The van der Waals surface area contributed by atoms with E-state index in [4.69, 9.17) is 9.84 Å². The van der Waals surface area contributed by atoms with Gasteiger partial charge in [0.2, 0.25) is 0 Å². The summed E-state index contributed by atoms with van der Waals surface area (Å²) in [7, 11) is 1.64. The van der Waals surface area contributed by atoms with Crippen LogP contribution in [-0.2, 0) is 0 Å². The van der Waals surface area contributed by atoms with Gasteiger partial charge < -0.3 is 15.2 Å². The molecule has 72 valence electrons. The number of hydrogen-bond acceptors (Lipinski definition) is 3. The van der Waals surface area contributed by atoms with E-state index in [0.717, 1.165) is 11.4 Å². The lowest BCUT2D eigenvalue weighted by Gasteiger charge is -2.08. The number of rotatable bonds is 4.